The van der Waals surface area contributed by atoms with Crippen LogP contribution in [0.15, 0.2) is 77.2 Å². The van der Waals surface area contributed by atoms with E-state index in [-0.39, 0.29) is 11.7 Å². The van der Waals surface area contributed by atoms with E-state index in [2.05, 4.69) is 0 Å². The molecule has 7 nitrogen and oxygen atoms in total. The van der Waals surface area contributed by atoms with E-state index in [0.29, 0.717) is 41.6 Å². The maximum absolute atomic E-state index is 7.58. The Kier molecular flexibility index (Phi) is 5.57. The van der Waals surface area contributed by atoms with Crippen molar-refractivity contribution >= 4 is 22.6 Å². The fraction of sp³-hybridized carbons (Fsp3) is 0.0833. The molecule has 0 saturated heterocycles. The smallest absolute Gasteiger partial charge is 0.135 e. The number of nitrogens with one attached hydrogen (secondary N) is 2. The second kappa shape index (κ2) is 8.62. The van der Waals surface area contributed by atoms with Crippen molar-refractivity contribution < 1.29 is 13.9 Å². The number of furan rings is 1. The Morgan fingerprint density at radius 2 is 1.42 bits per heavy atom. The standard InChI is InChI=1S/C24H22N4O3/c25-23(26)15-4-7-19(8-5-15)29-10-11-30-20-3-1-2-16(13-20)22-14-18-12-17(24(27)28)6-9-21(18)31-22/h1-9,12-14H,10-11H2,(H3,25,26)(H3,27,28). The second-order valence-corrected chi connectivity index (χ2v) is 6.94. The maximum Gasteiger partial charge on any atom is 0.135 e. The molecule has 0 unspecified atom stereocenters. The topological polar surface area (TPSA) is 131 Å². The molecule has 7 heteroatoms. The van der Waals surface area contributed by atoms with Crippen molar-refractivity contribution in [3.63, 3.8) is 0 Å². The van der Waals surface area contributed by atoms with Gasteiger partial charge < -0.3 is 25.4 Å². The normalized spacial score (nSPS) is 10.7. The van der Waals surface area contributed by atoms with Gasteiger partial charge in [0.05, 0.1) is 0 Å². The molecule has 0 atom stereocenters. The number of nitrogens with two attached hydrogens (primary N) is 2. The van der Waals surface area contributed by atoms with Gasteiger partial charge in [0.15, 0.2) is 0 Å². The molecule has 0 aliphatic rings. The van der Waals surface area contributed by atoms with Crippen LogP contribution in [-0.4, -0.2) is 24.9 Å². The summed E-state index contributed by atoms with van der Waals surface area (Å²) in [6.45, 7) is 0.752. The molecule has 0 radical (unpaired) electrons. The average Bonchev–Trinajstić information content (AvgIpc) is 3.21. The molecule has 31 heavy (non-hydrogen) atoms. The molecule has 6 N–H and O–H groups in total. The van der Waals surface area contributed by atoms with Gasteiger partial charge in [0, 0.05) is 22.1 Å². The summed E-state index contributed by atoms with van der Waals surface area (Å²) in [5, 5.41) is 15.9. The third-order valence-electron chi connectivity index (χ3n) is 4.73. The quantitative estimate of drug-likeness (QED) is 0.196. The van der Waals surface area contributed by atoms with Crippen LogP contribution in [0.5, 0.6) is 11.5 Å². The Bertz CT molecular complexity index is 1250. The van der Waals surface area contributed by atoms with E-state index in [0.717, 1.165) is 16.5 Å². The molecule has 4 aromatic rings. The van der Waals surface area contributed by atoms with E-state index >= 15 is 0 Å². The zero-order valence-electron chi connectivity index (χ0n) is 16.7. The van der Waals surface area contributed by atoms with Crippen LogP contribution in [0.25, 0.3) is 22.3 Å². The minimum Gasteiger partial charge on any atom is -0.490 e. The van der Waals surface area contributed by atoms with Crippen molar-refractivity contribution in [2.75, 3.05) is 13.2 Å². The molecule has 0 amide bonds. The van der Waals surface area contributed by atoms with Gasteiger partial charge in [-0.05, 0) is 60.7 Å². The first-order valence-electron chi connectivity index (χ1n) is 9.68. The first-order chi connectivity index (χ1) is 15.0. The monoisotopic (exact) mass is 414 g/mol. The van der Waals surface area contributed by atoms with E-state index in [9.17, 15) is 0 Å². The highest BCUT2D eigenvalue weighted by atomic mass is 16.5. The molecule has 156 valence electrons. The van der Waals surface area contributed by atoms with Gasteiger partial charge in [-0.3, -0.25) is 10.8 Å². The lowest BCUT2D eigenvalue weighted by Gasteiger charge is -2.09. The van der Waals surface area contributed by atoms with Crippen LogP contribution in [0.4, 0.5) is 0 Å². The molecule has 0 saturated carbocycles. The van der Waals surface area contributed by atoms with E-state index in [4.69, 9.17) is 36.2 Å². The number of amidine groups is 2. The number of benzene rings is 3. The molecule has 0 spiro atoms. The van der Waals surface area contributed by atoms with Gasteiger partial charge in [-0.2, -0.15) is 0 Å². The van der Waals surface area contributed by atoms with E-state index in [1.807, 2.05) is 42.5 Å². The SMILES string of the molecule is N=C(N)c1ccc(OCCOc2cccc(-c3cc4cc(C(=N)N)ccc4o3)c2)cc1. The van der Waals surface area contributed by atoms with E-state index < -0.39 is 0 Å². The number of fused-ring (bicyclic) bond motifs is 1. The number of hydrogen-bond donors (Lipinski definition) is 4. The Hall–Kier alpha value is -4.26. The van der Waals surface area contributed by atoms with Crippen molar-refractivity contribution in [3.8, 4) is 22.8 Å². The zero-order chi connectivity index (χ0) is 21.8. The summed E-state index contributed by atoms with van der Waals surface area (Å²) in [5.41, 5.74) is 14.0. The summed E-state index contributed by atoms with van der Waals surface area (Å²) in [4.78, 5) is 0. The molecule has 3 aromatic carbocycles. The Balaban J connectivity index is 1.38. The molecular weight excluding hydrogens is 392 g/mol. The number of ether oxygens (including phenoxy) is 2. The predicted octanol–water partition coefficient (Wildman–Crippen LogP) is 4.13. The lowest BCUT2D eigenvalue weighted by molar-refractivity contribution is 0.217. The molecular formula is C24H22N4O3. The molecule has 0 aliphatic carbocycles. The third kappa shape index (κ3) is 4.67. The molecule has 1 aromatic heterocycles. The van der Waals surface area contributed by atoms with Gasteiger partial charge in [0.25, 0.3) is 0 Å². The molecule has 0 aliphatic heterocycles. The predicted molar refractivity (Wildman–Crippen MR) is 121 cm³/mol. The minimum atomic E-state index is 0.0251. The average molecular weight is 414 g/mol. The summed E-state index contributed by atoms with van der Waals surface area (Å²) in [6.07, 6.45) is 0. The van der Waals surface area contributed by atoms with Crippen LogP contribution in [0.1, 0.15) is 11.1 Å². The Morgan fingerprint density at radius 3 is 2.13 bits per heavy atom. The van der Waals surface area contributed by atoms with Gasteiger partial charge in [0.2, 0.25) is 0 Å². The first kappa shape index (κ1) is 20.0. The Morgan fingerprint density at radius 1 is 0.742 bits per heavy atom. The molecule has 0 fully saturated rings. The summed E-state index contributed by atoms with van der Waals surface area (Å²) in [5.74, 6) is 2.16. The van der Waals surface area contributed by atoms with Gasteiger partial charge in [-0.1, -0.05) is 12.1 Å². The third-order valence-corrected chi connectivity index (χ3v) is 4.73. The largest absolute Gasteiger partial charge is 0.490 e. The fourth-order valence-electron chi connectivity index (χ4n) is 3.14. The minimum absolute atomic E-state index is 0.0251. The van der Waals surface area contributed by atoms with Gasteiger partial charge in [-0.15, -0.1) is 0 Å². The van der Waals surface area contributed by atoms with Crippen molar-refractivity contribution in [3.05, 3.63) is 83.9 Å². The summed E-state index contributed by atoms with van der Waals surface area (Å²) in [7, 11) is 0. The van der Waals surface area contributed by atoms with E-state index in [1.54, 1.807) is 30.3 Å². The molecule has 4 rings (SSSR count). The number of rotatable bonds is 8. The van der Waals surface area contributed by atoms with E-state index in [1.165, 1.54) is 0 Å². The van der Waals surface area contributed by atoms with Gasteiger partial charge in [0.1, 0.15) is 47.7 Å². The number of nitrogen functional groups attached to an aromatic ring is 2. The zero-order valence-corrected chi connectivity index (χ0v) is 16.7. The van der Waals surface area contributed by atoms with Crippen molar-refractivity contribution in [2.45, 2.75) is 0 Å². The Labute approximate surface area is 179 Å². The van der Waals surface area contributed by atoms with Crippen LogP contribution in [0.3, 0.4) is 0 Å². The van der Waals surface area contributed by atoms with Crippen molar-refractivity contribution in [1.29, 1.82) is 10.8 Å². The number of hydrogen-bond acceptors (Lipinski definition) is 5. The van der Waals surface area contributed by atoms with Crippen LogP contribution in [0.2, 0.25) is 0 Å². The summed E-state index contributed by atoms with van der Waals surface area (Å²) < 4.78 is 17.4. The highest BCUT2D eigenvalue weighted by Gasteiger charge is 2.09. The molecule has 0 bridgehead atoms. The maximum atomic E-state index is 7.58. The second-order valence-electron chi connectivity index (χ2n) is 6.94. The van der Waals surface area contributed by atoms with Gasteiger partial charge >= 0.3 is 0 Å². The lowest BCUT2D eigenvalue weighted by Crippen LogP contribution is -2.11. The summed E-state index contributed by atoms with van der Waals surface area (Å²) in [6, 6.07) is 22.0. The van der Waals surface area contributed by atoms with Crippen LogP contribution < -0.4 is 20.9 Å². The fourth-order valence-corrected chi connectivity index (χ4v) is 3.14. The van der Waals surface area contributed by atoms with Crippen LogP contribution >= 0.6 is 0 Å². The highest BCUT2D eigenvalue weighted by Crippen LogP contribution is 2.30. The highest BCUT2D eigenvalue weighted by molar-refractivity contribution is 5.99. The van der Waals surface area contributed by atoms with Crippen LogP contribution in [-0.2, 0) is 0 Å². The summed E-state index contributed by atoms with van der Waals surface area (Å²) >= 11 is 0. The first-order valence-corrected chi connectivity index (χ1v) is 9.68. The van der Waals surface area contributed by atoms with Crippen molar-refractivity contribution in [1.82, 2.24) is 0 Å². The van der Waals surface area contributed by atoms with Crippen LogP contribution in [0, 0.1) is 10.8 Å². The molecule has 1 heterocycles. The lowest BCUT2D eigenvalue weighted by atomic mass is 10.1. The van der Waals surface area contributed by atoms with Crippen molar-refractivity contribution in [2.24, 2.45) is 11.5 Å². The van der Waals surface area contributed by atoms with Gasteiger partial charge in [-0.25, -0.2) is 0 Å².